The molecule has 0 amide bonds. The molecule has 3 N–H and O–H groups in total. The van der Waals surface area contributed by atoms with E-state index in [0.717, 1.165) is 36.1 Å². The van der Waals surface area contributed by atoms with Gasteiger partial charge in [0.1, 0.15) is 38.4 Å². The molecule has 0 aliphatic rings. The fourth-order valence-electron chi connectivity index (χ4n) is 9.03. The van der Waals surface area contributed by atoms with Gasteiger partial charge in [-0.05, 0) is 103 Å². The zero-order chi connectivity index (χ0) is 60.6. The number of anilines is 1. The number of Topliss-reactive ketones (excluding diaryl/α,β-unsaturated/α-hetero) is 1. The number of nitrogen functional groups attached to an aromatic ring is 1. The monoisotopic (exact) mass is 1240 g/mol. The molecule has 10 aromatic heterocycles. The number of aromatic nitrogens is 10. The second-order valence-corrected chi connectivity index (χ2v) is 22.9. The van der Waals surface area contributed by atoms with Gasteiger partial charge in [0, 0.05) is 69.2 Å². The van der Waals surface area contributed by atoms with Crippen LogP contribution in [0.3, 0.4) is 0 Å². The summed E-state index contributed by atoms with van der Waals surface area (Å²) in [4.78, 5) is 78.9. The number of benzene rings is 4. The van der Waals surface area contributed by atoms with E-state index in [1.54, 1.807) is 54.8 Å². The van der Waals surface area contributed by atoms with E-state index in [0.29, 0.717) is 60.3 Å². The first kappa shape index (κ1) is 56.9. The van der Waals surface area contributed by atoms with Gasteiger partial charge in [0.05, 0.1) is 93.2 Å². The molecule has 0 aliphatic heterocycles. The number of thiophene rings is 2. The minimum Gasteiger partial charge on any atom is -0.477 e. The van der Waals surface area contributed by atoms with Gasteiger partial charge in [-0.2, -0.15) is 0 Å². The predicted octanol–water partition coefficient (Wildman–Crippen LogP) is 13.4. The molecule has 4 aromatic carbocycles. The number of thiazole rings is 2. The standard InChI is InChI=1S/C31H19F2N5O3S2.C17H13FN4OS.C13H7FN2O3S/c1-37-14-24(35-15-37)28-13-22-29(43-28)27(8-9-34-22)41-26-7-2-17(10-21(26)33)11-25(39)20-12-23-31(42-16-36-23)38(30(20)40)19-5-3-18(32)4-6-19;1-22-8-13(21-9-22)16-7-12-17(24-16)15(4-5-20-12)23-14-3-2-10(19)6-11(14)18;14-7-1-3-8(4-2-7)16-11(17)9(13(18)19)5-10-12(16)20-6-15-10/h2-10,12-16H,11H2,1H3;2-9H,19H2,1H3;1-6H,(H,18,19). The van der Waals surface area contributed by atoms with Crippen LogP contribution in [0.15, 0.2) is 179 Å². The first-order valence-corrected chi connectivity index (χ1v) is 29.1. The number of carboxylic acid groups (broad SMARTS) is 1. The number of aromatic carboxylic acids is 1. The molecule has 0 saturated carbocycles. The van der Waals surface area contributed by atoms with Crippen molar-refractivity contribution in [3.05, 3.63) is 230 Å². The van der Waals surface area contributed by atoms with Crippen LogP contribution in [-0.2, 0) is 20.5 Å². The van der Waals surface area contributed by atoms with E-state index < -0.39 is 46.1 Å². The third-order valence-electron chi connectivity index (χ3n) is 13.1. The molecule has 0 fully saturated rings. The molecule has 87 heavy (non-hydrogen) atoms. The summed E-state index contributed by atoms with van der Waals surface area (Å²) in [5, 5.41) is 9.08. The number of fused-ring (bicyclic) bond motifs is 4. The summed E-state index contributed by atoms with van der Waals surface area (Å²) in [5.41, 5.74) is 12.5. The van der Waals surface area contributed by atoms with Crippen LogP contribution in [-0.4, -0.2) is 65.0 Å². The van der Waals surface area contributed by atoms with Crippen LogP contribution in [0, 0.1) is 23.3 Å². The van der Waals surface area contributed by atoms with Gasteiger partial charge in [0.15, 0.2) is 28.9 Å². The Bertz CT molecular complexity index is 5090. The van der Waals surface area contributed by atoms with E-state index in [9.17, 15) is 32.3 Å². The maximum Gasteiger partial charge on any atom is 0.341 e. The Morgan fingerprint density at radius 2 is 1.01 bits per heavy atom. The Labute approximate surface area is 503 Å². The molecule has 14 aromatic rings. The summed E-state index contributed by atoms with van der Waals surface area (Å²) in [6.07, 6.45) is 10.3. The molecule has 14 rings (SSSR count). The number of carbonyl (C=O) groups is 2. The number of hydrogen-bond donors (Lipinski definition) is 2. The molecule has 0 spiro atoms. The molecule has 18 nitrogen and oxygen atoms in total. The minimum atomic E-state index is -1.32. The summed E-state index contributed by atoms with van der Waals surface area (Å²) in [6.45, 7) is 0. The van der Waals surface area contributed by atoms with Crippen molar-refractivity contribution in [2.45, 2.75) is 6.42 Å². The van der Waals surface area contributed by atoms with Crippen molar-refractivity contribution in [1.29, 1.82) is 0 Å². The van der Waals surface area contributed by atoms with Gasteiger partial charge in [-0.15, -0.1) is 45.3 Å². The van der Waals surface area contributed by atoms with Gasteiger partial charge in [-0.25, -0.2) is 42.3 Å². The maximum absolute atomic E-state index is 15.3. The summed E-state index contributed by atoms with van der Waals surface area (Å²) in [7, 11) is 3.81. The SMILES string of the molecule is Cn1cnc(-c2cc3nccc(Oc4ccc(CC(=O)c5cc6ncsc6n(-c6ccc(F)cc6)c5=O)cc4F)c3s2)c1.Cn1cnc(-c2cc3nccc(Oc4ccc(N)cc4F)c3s2)c1.O=C(O)c1cc2ncsc2n(-c2ccc(F)cc2)c1=O. The normalized spacial score (nSPS) is 11.2. The molecule has 0 atom stereocenters. The van der Waals surface area contributed by atoms with Gasteiger partial charge in [-0.1, -0.05) is 6.07 Å². The van der Waals surface area contributed by atoms with Crippen molar-refractivity contribution in [3.63, 3.8) is 0 Å². The van der Waals surface area contributed by atoms with Crippen molar-refractivity contribution in [1.82, 2.24) is 48.2 Å². The van der Waals surface area contributed by atoms with Crippen LogP contribution < -0.4 is 26.3 Å². The lowest BCUT2D eigenvalue weighted by atomic mass is 10.0. The van der Waals surface area contributed by atoms with Crippen molar-refractivity contribution >= 4 is 104 Å². The molecule has 10 heterocycles. The van der Waals surface area contributed by atoms with Crippen LogP contribution in [0.4, 0.5) is 23.2 Å². The molecule has 0 unspecified atom stereocenters. The molecular weight excluding hydrogens is 1200 g/mol. The van der Waals surface area contributed by atoms with E-state index in [1.807, 2.05) is 47.8 Å². The lowest BCUT2D eigenvalue weighted by molar-refractivity contribution is 0.0694. The van der Waals surface area contributed by atoms with Gasteiger partial charge < -0.3 is 29.4 Å². The number of carboxylic acids is 1. The van der Waals surface area contributed by atoms with Gasteiger partial charge in [0.25, 0.3) is 11.1 Å². The van der Waals surface area contributed by atoms with E-state index in [-0.39, 0.29) is 29.0 Å². The number of pyridine rings is 4. The van der Waals surface area contributed by atoms with Gasteiger partial charge in [-0.3, -0.25) is 33.5 Å². The first-order valence-electron chi connectivity index (χ1n) is 25.7. The number of nitrogens with two attached hydrogens (primary N) is 1. The zero-order valence-electron chi connectivity index (χ0n) is 45.0. The molecule has 432 valence electrons. The smallest absolute Gasteiger partial charge is 0.341 e. The Morgan fingerprint density at radius 1 is 0.540 bits per heavy atom. The van der Waals surface area contributed by atoms with E-state index in [2.05, 4.69) is 29.9 Å². The van der Waals surface area contributed by atoms with Crippen molar-refractivity contribution < 1.29 is 41.7 Å². The maximum atomic E-state index is 15.3. The number of nitrogens with zero attached hydrogens (tertiary/aromatic N) is 10. The Kier molecular flexibility index (Phi) is 15.6. The highest BCUT2D eigenvalue weighted by atomic mass is 32.1. The summed E-state index contributed by atoms with van der Waals surface area (Å²) < 4.78 is 75.3. The van der Waals surface area contributed by atoms with Gasteiger partial charge >= 0.3 is 5.97 Å². The first-order chi connectivity index (χ1) is 42.0. The van der Waals surface area contributed by atoms with Crippen LogP contribution in [0.2, 0.25) is 0 Å². The van der Waals surface area contributed by atoms with E-state index >= 15 is 4.39 Å². The highest BCUT2D eigenvalue weighted by molar-refractivity contribution is 7.23. The zero-order valence-corrected chi connectivity index (χ0v) is 48.2. The fourth-order valence-corrected chi connectivity index (χ4v) is 12.7. The van der Waals surface area contributed by atoms with Crippen LogP contribution in [0.5, 0.6) is 23.0 Å². The number of rotatable bonds is 12. The van der Waals surface area contributed by atoms with Crippen molar-refractivity contribution in [3.8, 4) is 55.5 Å². The Hall–Kier alpha value is -10.5. The van der Waals surface area contributed by atoms with Crippen LogP contribution in [0.1, 0.15) is 26.3 Å². The summed E-state index contributed by atoms with van der Waals surface area (Å²) in [6, 6.07) is 29.2. The average molecular weight is 1240 g/mol. The predicted molar refractivity (Wildman–Crippen MR) is 326 cm³/mol. The number of imidazole rings is 2. The summed E-state index contributed by atoms with van der Waals surface area (Å²) >= 11 is 5.40. The van der Waals surface area contributed by atoms with E-state index in [4.69, 9.17) is 20.3 Å². The number of carbonyl (C=O) groups excluding carboxylic acids is 1. The number of ether oxygens (including phenoxy) is 2. The number of hydrogen-bond acceptors (Lipinski definition) is 17. The lowest BCUT2D eigenvalue weighted by Crippen LogP contribution is -2.26. The largest absolute Gasteiger partial charge is 0.477 e. The second-order valence-electron chi connectivity index (χ2n) is 19.1. The Morgan fingerprint density at radius 3 is 1.47 bits per heavy atom. The molecule has 0 radical (unpaired) electrons. The third kappa shape index (κ3) is 11.8. The van der Waals surface area contributed by atoms with Crippen LogP contribution in [0.25, 0.3) is 73.6 Å². The minimum absolute atomic E-state index is 0.0148. The van der Waals surface area contributed by atoms with Crippen molar-refractivity contribution in [2.75, 3.05) is 5.73 Å². The third-order valence-corrected chi connectivity index (χ3v) is 17.1. The van der Waals surface area contributed by atoms with Crippen LogP contribution >= 0.6 is 45.3 Å². The average Bonchev–Trinajstić information content (AvgIpc) is 2.25. The lowest BCUT2D eigenvalue weighted by Gasteiger charge is -2.11. The quantitative estimate of drug-likeness (QED) is 0.0658. The number of halogens is 4. The number of aryl methyl sites for hydroxylation is 2. The highest BCUT2D eigenvalue weighted by Crippen LogP contribution is 2.41. The molecule has 0 aliphatic carbocycles. The topological polar surface area (TPSA) is 230 Å². The molecule has 0 saturated heterocycles. The molecule has 26 heteroatoms. The number of ketones is 1. The second kappa shape index (κ2) is 23.8. The Balaban J connectivity index is 0.000000141. The molecule has 0 bridgehead atoms. The highest BCUT2D eigenvalue weighted by Gasteiger charge is 2.22. The summed E-state index contributed by atoms with van der Waals surface area (Å²) in [5.74, 6) is -2.75. The van der Waals surface area contributed by atoms with Crippen molar-refractivity contribution in [2.24, 2.45) is 14.1 Å². The molecular formula is C61H39F4N11O7S4. The van der Waals surface area contributed by atoms with E-state index in [1.165, 1.54) is 145 Å². The fraction of sp³-hybridized carbons (Fsp3) is 0.0492. The van der Waals surface area contributed by atoms with Gasteiger partial charge in [0.2, 0.25) is 0 Å².